The summed E-state index contributed by atoms with van der Waals surface area (Å²) < 4.78 is 24.6. The van der Waals surface area contributed by atoms with E-state index in [1.807, 2.05) is 13.8 Å². The van der Waals surface area contributed by atoms with E-state index in [1.165, 1.54) is 6.07 Å². The van der Waals surface area contributed by atoms with E-state index in [0.717, 1.165) is 38.2 Å². The Morgan fingerprint density at radius 1 is 1.33 bits per heavy atom. The normalized spacial score (nSPS) is 16.5. The number of nitrogens with two attached hydrogens (primary N) is 1. The van der Waals surface area contributed by atoms with Crippen molar-refractivity contribution in [3.05, 3.63) is 17.9 Å². The van der Waals surface area contributed by atoms with Gasteiger partial charge in [0, 0.05) is 38.9 Å². The number of nitrogen functional groups attached to an aromatic ring is 1. The molecule has 1 fully saturated rings. The summed E-state index contributed by atoms with van der Waals surface area (Å²) in [6.45, 7) is 6.38. The average Bonchev–Trinajstić information content (AvgIpc) is 2.43. The summed E-state index contributed by atoms with van der Waals surface area (Å²) in [6.07, 6.45) is 2.05. The van der Waals surface area contributed by atoms with Gasteiger partial charge in [-0.1, -0.05) is 0 Å². The van der Waals surface area contributed by atoms with Crippen LogP contribution in [-0.2, 0) is 4.74 Å². The molecule has 0 bridgehead atoms. The third kappa shape index (κ3) is 4.00. The first-order valence-corrected chi connectivity index (χ1v) is 7.50. The largest absolute Gasteiger partial charge is 0.488 e. The Kier molecular flexibility index (Phi) is 5.28. The first-order valence-electron chi connectivity index (χ1n) is 7.50. The van der Waals surface area contributed by atoms with Crippen LogP contribution in [0.1, 0.15) is 26.7 Å². The lowest BCUT2D eigenvalue weighted by Gasteiger charge is -2.34. The van der Waals surface area contributed by atoms with Crippen LogP contribution in [0.4, 0.5) is 15.8 Å². The third-order valence-corrected chi connectivity index (χ3v) is 3.80. The van der Waals surface area contributed by atoms with Gasteiger partial charge in [0.05, 0.1) is 17.5 Å². The molecule has 0 aromatic heterocycles. The Labute approximate surface area is 126 Å². The molecule has 2 N–H and O–H groups in total. The van der Waals surface area contributed by atoms with Gasteiger partial charge in [0.25, 0.3) is 0 Å². The van der Waals surface area contributed by atoms with E-state index < -0.39 is 5.82 Å². The molecule has 21 heavy (non-hydrogen) atoms. The molecule has 0 spiro atoms. The highest BCUT2D eigenvalue weighted by Crippen LogP contribution is 2.34. The number of nitrogens with zero attached hydrogens (tertiary/aromatic N) is 1. The van der Waals surface area contributed by atoms with Crippen molar-refractivity contribution in [3.63, 3.8) is 0 Å². The Hall–Kier alpha value is -1.49. The van der Waals surface area contributed by atoms with Crippen LogP contribution in [0.5, 0.6) is 5.75 Å². The number of rotatable bonds is 5. The summed E-state index contributed by atoms with van der Waals surface area (Å²) in [6, 6.07) is 3.08. The highest BCUT2D eigenvalue weighted by Gasteiger charge is 2.22. The van der Waals surface area contributed by atoms with Crippen LogP contribution in [-0.4, -0.2) is 32.9 Å². The number of methoxy groups -OCH3 is 1. The fourth-order valence-corrected chi connectivity index (χ4v) is 2.75. The van der Waals surface area contributed by atoms with Gasteiger partial charge in [-0.2, -0.15) is 0 Å². The molecule has 118 valence electrons. The summed E-state index contributed by atoms with van der Waals surface area (Å²) in [5, 5.41) is 0. The average molecular weight is 296 g/mol. The van der Waals surface area contributed by atoms with E-state index in [4.69, 9.17) is 15.2 Å². The molecule has 5 heteroatoms. The molecule has 0 atom stereocenters. The van der Waals surface area contributed by atoms with Crippen LogP contribution in [0, 0.1) is 11.7 Å². The summed E-state index contributed by atoms with van der Waals surface area (Å²) in [5.41, 5.74) is 7.31. The van der Waals surface area contributed by atoms with Crippen LogP contribution < -0.4 is 15.4 Å². The number of benzene rings is 1. The predicted molar refractivity (Wildman–Crippen MR) is 83.4 cm³/mol. The molecule has 0 aliphatic carbocycles. The maximum Gasteiger partial charge on any atom is 0.167 e. The van der Waals surface area contributed by atoms with E-state index in [9.17, 15) is 4.39 Å². The summed E-state index contributed by atoms with van der Waals surface area (Å²) in [4.78, 5) is 2.20. The number of anilines is 2. The van der Waals surface area contributed by atoms with Gasteiger partial charge in [-0.25, -0.2) is 4.39 Å². The molecular weight excluding hydrogens is 271 g/mol. The minimum Gasteiger partial charge on any atom is -0.488 e. The Morgan fingerprint density at radius 2 is 2.00 bits per heavy atom. The quantitative estimate of drug-likeness (QED) is 0.848. The predicted octanol–water partition coefficient (Wildman–Crippen LogP) is 3.06. The maximum absolute atomic E-state index is 13.9. The third-order valence-electron chi connectivity index (χ3n) is 3.80. The number of halogens is 1. The molecule has 1 aliphatic rings. The van der Waals surface area contributed by atoms with Gasteiger partial charge >= 0.3 is 0 Å². The Balaban J connectivity index is 2.12. The highest BCUT2D eigenvalue weighted by molar-refractivity contribution is 5.70. The molecule has 0 radical (unpaired) electrons. The van der Waals surface area contributed by atoms with E-state index >= 15 is 0 Å². The zero-order chi connectivity index (χ0) is 15.4. The molecule has 0 unspecified atom stereocenters. The second-order valence-corrected chi connectivity index (χ2v) is 5.89. The van der Waals surface area contributed by atoms with Crippen LogP contribution >= 0.6 is 0 Å². The SMILES string of the molecule is COCC1CCN(c2cc(OC(C)C)c(F)cc2N)CC1. The molecule has 0 saturated carbocycles. The molecule has 2 rings (SSSR count). The van der Waals surface area contributed by atoms with E-state index in [2.05, 4.69) is 4.90 Å². The van der Waals surface area contributed by atoms with Crippen molar-refractivity contribution in [1.82, 2.24) is 0 Å². The molecule has 4 nitrogen and oxygen atoms in total. The lowest BCUT2D eigenvalue weighted by atomic mass is 9.97. The standard InChI is InChI=1S/C16H25FN2O2/c1-11(2)21-16-9-15(14(18)8-13(16)17)19-6-4-12(5-7-19)10-20-3/h8-9,11-12H,4-7,10,18H2,1-3H3. The molecule has 1 heterocycles. The fraction of sp³-hybridized carbons (Fsp3) is 0.625. The number of hydrogen-bond donors (Lipinski definition) is 1. The maximum atomic E-state index is 13.9. The minimum atomic E-state index is -0.404. The van der Waals surface area contributed by atoms with Gasteiger partial charge in [-0.05, 0) is 32.6 Å². The van der Waals surface area contributed by atoms with Gasteiger partial charge in [0.2, 0.25) is 0 Å². The molecule has 1 saturated heterocycles. The Morgan fingerprint density at radius 3 is 2.57 bits per heavy atom. The van der Waals surface area contributed by atoms with Gasteiger partial charge < -0.3 is 20.1 Å². The van der Waals surface area contributed by atoms with E-state index in [1.54, 1.807) is 13.2 Å². The number of hydrogen-bond acceptors (Lipinski definition) is 4. The van der Waals surface area contributed by atoms with Gasteiger partial charge in [0.15, 0.2) is 11.6 Å². The molecule has 1 aromatic rings. The summed E-state index contributed by atoms with van der Waals surface area (Å²) in [5.74, 6) is 0.465. The smallest absolute Gasteiger partial charge is 0.167 e. The molecule has 1 aliphatic heterocycles. The molecule has 1 aromatic carbocycles. The van der Waals surface area contributed by atoms with E-state index in [-0.39, 0.29) is 11.9 Å². The van der Waals surface area contributed by atoms with Crippen molar-refractivity contribution < 1.29 is 13.9 Å². The Bertz CT molecular complexity index is 472. The monoisotopic (exact) mass is 296 g/mol. The zero-order valence-electron chi connectivity index (χ0n) is 13.1. The first-order chi connectivity index (χ1) is 10.0. The van der Waals surface area contributed by atoms with Crippen molar-refractivity contribution >= 4 is 11.4 Å². The van der Waals surface area contributed by atoms with Gasteiger partial charge in [-0.3, -0.25) is 0 Å². The van der Waals surface area contributed by atoms with Crippen molar-refractivity contribution in [2.24, 2.45) is 5.92 Å². The summed E-state index contributed by atoms with van der Waals surface area (Å²) >= 11 is 0. The van der Waals surface area contributed by atoms with E-state index in [0.29, 0.717) is 11.6 Å². The number of piperidine rings is 1. The fourth-order valence-electron chi connectivity index (χ4n) is 2.75. The van der Waals surface area contributed by atoms with Crippen molar-refractivity contribution in [3.8, 4) is 5.75 Å². The van der Waals surface area contributed by atoms with Crippen LogP contribution in [0.15, 0.2) is 12.1 Å². The lowest BCUT2D eigenvalue weighted by Crippen LogP contribution is -2.35. The van der Waals surface area contributed by atoms with Gasteiger partial charge in [0.1, 0.15) is 0 Å². The van der Waals surface area contributed by atoms with Crippen molar-refractivity contribution in [2.75, 3.05) is 37.4 Å². The van der Waals surface area contributed by atoms with Gasteiger partial charge in [-0.15, -0.1) is 0 Å². The molecular formula is C16H25FN2O2. The van der Waals surface area contributed by atoms with Crippen molar-refractivity contribution in [2.45, 2.75) is 32.8 Å². The first kappa shape index (κ1) is 15.9. The topological polar surface area (TPSA) is 47.7 Å². The lowest BCUT2D eigenvalue weighted by molar-refractivity contribution is 0.139. The highest BCUT2D eigenvalue weighted by atomic mass is 19.1. The number of ether oxygens (including phenoxy) is 2. The van der Waals surface area contributed by atoms with Crippen LogP contribution in [0.2, 0.25) is 0 Å². The zero-order valence-corrected chi connectivity index (χ0v) is 13.1. The van der Waals surface area contributed by atoms with Crippen molar-refractivity contribution in [1.29, 1.82) is 0 Å². The summed E-state index contributed by atoms with van der Waals surface area (Å²) in [7, 11) is 1.74. The molecule has 0 amide bonds. The second-order valence-electron chi connectivity index (χ2n) is 5.89. The second kappa shape index (κ2) is 6.98. The minimum absolute atomic E-state index is 0.0663. The van der Waals surface area contributed by atoms with Crippen LogP contribution in [0.25, 0.3) is 0 Å². The van der Waals surface area contributed by atoms with Crippen LogP contribution in [0.3, 0.4) is 0 Å².